The summed E-state index contributed by atoms with van der Waals surface area (Å²) < 4.78 is 0. The number of amides is 1. The zero-order valence-corrected chi connectivity index (χ0v) is 13.1. The van der Waals surface area contributed by atoms with Gasteiger partial charge in [-0.15, -0.1) is 11.3 Å². The van der Waals surface area contributed by atoms with Crippen LogP contribution in [0.5, 0.6) is 0 Å². The number of nitrogens with one attached hydrogen (secondary N) is 2. The molecule has 1 aromatic rings. The molecule has 0 spiro atoms. The van der Waals surface area contributed by atoms with Gasteiger partial charge in [-0.3, -0.25) is 4.79 Å². The topological polar surface area (TPSA) is 54.0 Å². The Morgan fingerprint density at radius 3 is 2.53 bits per heavy atom. The molecular formula is C14H25N3OS. The number of hydrogen-bond acceptors (Lipinski definition) is 4. The monoisotopic (exact) mass is 283 g/mol. The Morgan fingerprint density at radius 2 is 2.00 bits per heavy atom. The summed E-state index contributed by atoms with van der Waals surface area (Å²) in [5.74, 6) is 0.228. The highest BCUT2D eigenvalue weighted by Gasteiger charge is 2.18. The van der Waals surface area contributed by atoms with Crippen molar-refractivity contribution in [3.63, 3.8) is 0 Å². The van der Waals surface area contributed by atoms with E-state index in [-0.39, 0.29) is 17.9 Å². The lowest BCUT2D eigenvalue weighted by Crippen LogP contribution is -2.22. The summed E-state index contributed by atoms with van der Waals surface area (Å²) in [6, 6.07) is 0.212. The van der Waals surface area contributed by atoms with Gasteiger partial charge in [-0.2, -0.15) is 0 Å². The summed E-state index contributed by atoms with van der Waals surface area (Å²) >= 11 is 1.49. The molecule has 0 aliphatic carbocycles. The average Bonchev–Trinajstić information content (AvgIpc) is 2.86. The minimum atomic E-state index is 0.113. The smallest absolute Gasteiger partial charge is 0.229 e. The van der Waals surface area contributed by atoms with Gasteiger partial charge in [-0.1, -0.05) is 26.7 Å². The first kappa shape index (κ1) is 16.1. The molecule has 0 radical (unpaired) electrons. The molecule has 0 aromatic carbocycles. The highest BCUT2D eigenvalue weighted by molar-refractivity contribution is 7.13. The standard InChI is InChI=1S/C14H25N3OS/c1-5-7-11(8-6-2)13(18)17-14-16-12(9-19-14)10(3)15-4/h9-11,15H,5-8H2,1-4H3,(H,16,17,18). The molecule has 2 N–H and O–H groups in total. The Morgan fingerprint density at radius 1 is 1.37 bits per heavy atom. The van der Waals surface area contributed by atoms with Crippen LogP contribution in [-0.4, -0.2) is 17.9 Å². The molecule has 1 heterocycles. The van der Waals surface area contributed by atoms with Crippen LogP contribution in [0.15, 0.2) is 5.38 Å². The van der Waals surface area contributed by atoms with Gasteiger partial charge in [-0.05, 0) is 26.8 Å². The van der Waals surface area contributed by atoms with Crippen LogP contribution in [0, 0.1) is 5.92 Å². The first-order valence-corrected chi connectivity index (χ1v) is 7.93. The van der Waals surface area contributed by atoms with Crippen molar-refractivity contribution in [2.24, 2.45) is 5.92 Å². The van der Waals surface area contributed by atoms with Crippen LogP contribution >= 0.6 is 11.3 Å². The maximum atomic E-state index is 12.2. The van der Waals surface area contributed by atoms with E-state index in [4.69, 9.17) is 0 Å². The fourth-order valence-electron chi connectivity index (χ4n) is 2.00. The number of nitrogens with zero attached hydrogens (tertiary/aromatic N) is 1. The van der Waals surface area contributed by atoms with Gasteiger partial charge >= 0.3 is 0 Å². The number of rotatable bonds is 8. The third-order valence-corrected chi connectivity index (χ3v) is 4.05. The molecule has 0 bridgehead atoms. The quantitative estimate of drug-likeness (QED) is 0.766. The van der Waals surface area contributed by atoms with Crippen molar-refractivity contribution in [3.8, 4) is 0 Å². The van der Waals surface area contributed by atoms with E-state index in [1.54, 1.807) is 0 Å². The predicted molar refractivity (Wildman–Crippen MR) is 81.5 cm³/mol. The van der Waals surface area contributed by atoms with Gasteiger partial charge in [0.05, 0.1) is 5.69 Å². The molecule has 5 heteroatoms. The number of carbonyl (C=O) groups excluding carboxylic acids is 1. The normalized spacial score (nSPS) is 12.7. The Hall–Kier alpha value is -0.940. The van der Waals surface area contributed by atoms with E-state index in [9.17, 15) is 4.79 Å². The average molecular weight is 283 g/mol. The van der Waals surface area contributed by atoms with E-state index >= 15 is 0 Å². The molecule has 0 fully saturated rings. The minimum Gasteiger partial charge on any atom is -0.312 e. The Kier molecular flexibility index (Phi) is 7.02. The highest BCUT2D eigenvalue weighted by atomic mass is 32.1. The van der Waals surface area contributed by atoms with Gasteiger partial charge in [0.25, 0.3) is 0 Å². The molecule has 1 amide bonds. The lowest BCUT2D eigenvalue weighted by atomic mass is 9.97. The van der Waals surface area contributed by atoms with E-state index in [0.717, 1.165) is 31.4 Å². The second-order valence-electron chi connectivity index (χ2n) is 4.85. The van der Waals surface area contributed by atoms with Crippen LogP contribution in [0.25, 0.3) is 0 Å². The number of aromatic nitrogens is 1. The van der Waals surface area contributed by atoms with Gasteiger partial charge in [0.15, 0.2) is 5.13 Å². The van der Waals surface area contributed by atoms with Gasteiger partial charge in [-0.25, -0.2) is 4.98 Å². The Balaban J connectivity index is 2.62. The van der Waals surface area contributed by atoms with Crippen molar-refractivity contribution >= 4 is 22.4 Å². The van der Waals surface area contributed by atoms with Crippen molar-refractivity contribution in [2.45, 2.75) is 52.5 Å². The summed E-state index contributed by atoms with van der Waals surface area (Å²) in [6.45, 7) is 6.29. The number of anilines is 1. The molecule has 0 aliphatic heterocycles. The first-order chi connectivity index (χ1) is 9.12. The first-order valence-electron chi connectivity index (χ1n) is 7.05. The Labute approximate surface area is 120 Å². The Bertz CT molecular complexity index is 386. The molecule has 1 aromatic heterocycles. The largest absolute Gasteiger partial charge is 0.312 e. The molecular weight excluding hydrogens is 258 g/mol. The van der Waals surface area contributed by atoms with Crippen LogP contribution in [0.2, 0.25) is 0 Å². The highest BCUT2D eigenvalue weighted by Crippen LogP contribution is 2.22. The van der Waals surface area contributed by atoms with Gasteiger partial charge in [0, 0.05) is 17.3 Å². The molecule has 108 valence electrons. The zero-order chi connectivity index (χ0) is 14.3. The number of hydrogen-bond donors (Lipinski definition) is 2. The number of carbonyl (C=O) groups is 1. The van der Waals surface area contributed by atoms with Crippen LogP contribution in [-0.2, 0) is 4.79 Å². The van der Waals surface area contributed by atoms with E-state index in [1.165, 1.54) is 11.3 Å². The van der Waals surface area contributed by atoms with Crippen LogP contribution in [0.1, 0.15) is 58.2 Å². The zero-order valence-electron chi connectivity index (χ0n) is 12.3. The second kappa shape index (κ2) is 8.27. The van der Waals surface area contributed by atoms with E-state index in [2.05, 4.69) is 36.4 Å². The van der Waals surface area contributed by atoms with Gasteiger partial charge < -0.3 is 10.6 Å². The summed E-state index contributed by atoms with van der Waals surface area (Å²) in [4.78, 5) is 16.6. The maximum absolute atomic E-state index is 12.2. The lowest BCUT2D eigenvalue weighted by molar-refractivity contribution is -0.120. The van der Waals surface area contributed by atoms with E-state index in [0.29, 0.717) is 5.13 Å². The predicted octanol–water partition coefficient (Wildman–Crippen LogP) is 3.58. The molecule has 19 heavy (non-hydrogen) atoms. The van der Waals surface area contributed by atoms with Crippen molar-refractivity contribution in [1.29, 1.82) is 0 Å². The molecule has 1 rings (SSSR count). The summed E-state index contributed by atoms with van der Waals surface area (Å²) in [7, 11) is 1.90. The fraction of sp³-hybridized carbons (Fsp3) is 0.714. The summed E-state index contributed by atoms with van der Waals surface area (Å²) in [5, 5.41) is 8.79. The molecule has 1 atom stereocenters. The number of thiazole rings is 1. The molecule has 0 saturated heterocycles. The third kappa shape index (κ3) is 4.91. The van der Waals surface area contributed by atoms with Crippen LogP contribution < -0.4 is 10.6 Å². The summed E-state index contributed by atoms with van der Waals surface area (Å²) in [5.41, 5.74) is 0.977. The molecule has 1 unspecified atom stereocenters. The van der Waals surface area contributed by atoms with Crippen molar-refractivity contribution in [3.05, 3.63) is 11.1 Å². The van der Waals surface area contributed by atoms with Crippen LogP contribution in [0.3, 0.4) is 0 Å². The minimum absolute atomic E-state index is 0.113. The SMILES string of the molecule is CCCC(CCC)C(=O)Nc1nc(C(C)NC)cs1. The third-order valence-electron chi connectivity index (χ3n) is 3.27. The molecule has 4 nitrogen and oxygen atoms in total. The van der Waals surface area contributed by atoms with Crippen molar-refractivity contribution < 1.29 is 4.79 Å². The van der Waals surface area contributed by atoms with Crippen molar-refractivity contribution in [1.82, 2.24) is 10.3 Å². The van der Waals surface area contributed by atoms with Crippen molar-refractivity contribution in [2.75, 3.05) is 12.4 Å². The summed E-state index contributed by atoms with van der Waals surface area (Å²) in [6.07, 6.45) is 3.98. The molecule has 0 saturated carbocycles. The van der Waals surface area contributed by atoms with Gasteiger partial charge in [0.2, 0.25) is 5.91 Å². The fourth-order valence-corrected chi connectivity index (χ4v) is 2.81. The van der Waals surface area contributed by atoms with E-state index < -0.39 is 0 Å². The van der Waals surface area contributed by atoms with Gasteiger partial charge in [0.1, 0.15) is 0 Å². The van der Waals surface area contributed by atoms with E-state index in [1.807, 2.05) is 12.4 Å². The maximum Gasteiger partial charge on any atom is 0.229 e. The van der Waals surface area contributed by atoms with Crippen LogP contribution in [0.4, 0.5) is 5.13 Å². The second-order valence-corrected chi connectivity index (χ2v) is 5.71. The lowest BCUT2D eigenvalue weighted by Gasteiger charge is -2.13. The molecule has 0 aliphatic rings.